The Bertz CT molecular complexity index is 1240. The average molecular weight is 429 g/mol. The molecule has 1 aromatic carbocycles. The molecule has 1 aliphatic carbocycles. The number of amides is 3. The Morgan fingerprint density at radius 2 is 2.07 bits per heavy atom. The summed E-state index contributed by atoms with van der Waals surface area (Å²) in [4.78, 5) is 32.1. The van der Waals surface area contributed by atoms with Gasteiger partial charge in [-0.2, -0.15) is 19.6 Å². The van der Waals surface area contributed by atoms with Gasteiger partial charge in [-0.05, 0) is 37.1 Å². The van der Waals surface area contributed by atoms with E-state index in [-0.39, 0.29) is 17.7 Å². The number of hydrogen-bond donors (Lipinski definition) is 4. The van der Waals surface area contributed by atoms with E-state index in [0.29, 0.717) is 27.9 Å². The van der Waals surface area contributed by atoms with Crippen LogP contribution < -0.4 is 21.3 Å². The fourth-order valence-corrected chi connectivity index (χ4v) is 3.07. The number of halogens is 2. The number of anilines is 3. The highest BCUT2D eigenvalue weighted by Gasteiger charge is 2.26. The third kappa shape index (κ3) is 3.50. The Morgan fingerprint density at radius 1 is 1.23 bits per heavy atom. The molecule has 3 aromatic rings. The lowest BCUT2D eigenvalue weighted by molar-refractivity contribution is -0.115. The molecule has 10 nitrogen and oxygen atoms in total. The normalized spacial score (nSPS) is 17.3. The van der Waals surface area contributed by atoms with Crippen LogP contribution in [0, 0.1) is 5.82 Å². The molecule has 0 spiro atoms. The summed E-state index contributed by atoms with van der Waals surface area (Å²) in [6, 6.07) is 3.59. The number of urea groups is 1. The van der Waals surface area contributed by atoms with E-state index >= 15 is 0 Å². The lowest BCUT2D eigenvalue weighted by Crippen LogP contribution is -2.22. The number of hydrogen-bond acceptors (Lipinski definition) is 7. The van der Waals surface area contributed by atoms with Gasteiger partial charge in [-0.25, -0.2) is 9.18 Å². The molecule has 0 atom stereocenters. The number of carbonyl (C=O) groups is 2. The largest absolute Gasteiger partial charge is 0.351 e. The molecule has 152 valence electrons. The van der Waals surface area contributed by atoms with Gasteiger partial charge in [0.15, 0.2) is 5.65 Å². The number of nitrogens with zero attached hydrogens (tertiary/aromatic N) is 4. The van der Waals surface area contributed by atoms with Crippen LogP contribution in [0.1, 0.15) is 18.4 Å². The predicted molar refractivity (Wildman–Crippen MR) is 107 cm³/mol. The van der Waals surface area contributed by atoms with E-state index in [1.54, 1.807) is 0 Å². The Kier molecular flexibility index (Phi) is 4.24. The van der Waals surface area contributed by atoms with Gasteiger partial charge in [0.1, 0.15) is 11.5 Å². The van der Waals surface area contributed by atoms with Crippen molar-refractivity contribution in [2.45, 2.75) is 18.9 Å². The van der Waals surface area contributed by atoms with Gasteiger partial charge >= 0.3 is 6.03 Å². The van der Waals surface area contributed by atoms with Crippen LogP contribution in [-0.4, -0.2) is 37.6 Å². The molecule has 2 fully saturated rings. The number of nitrogens with one attached hydrogen (secondary N) is 4. The summed E-state index contributed by atoms with van der Waals surface area (Å²) in [6.07, 6.45) is 4.99. The van der Waals surface area contributed by atoms with E-state index in [2.05, 4.69) is 36.3 Å². The van der Waals surface area contributed by atoms with Crippen LogP contribution in [0.4, 0.5) is 26.8 Å². The first-order chi connectivity index (χ1) is 14.5. The van der Waals surface area contributed by atoms with Crippen molar-refractivity contribution < 1.29 is 14.0 Å². The van der Waals surface area contributed by atoms with E-state index in [0.717, 1.165) is 12.8 Å². The van der Waals surface area contributed by atoms with Crippen LogP contribution in [0.25, 0.3) is 11.7 Å². The van der Waals surface area contributed by atoms with Gasteiger partial charge in [0.2, 0.25) is 11.9 Å². The van der Waals surface area contributed by atoms with Gasteiger partial charge in [0.05, 0.1) is 16.9 Å². The summed E-state index contributed by atoms with van der Waals surface area (Å²) in [5.74, 6) is -0.410. The van der Waals surface area contributed by atoms with Crippen molar-refractivity contribution in [2.24, 2.45) is 0 Å². The predicted octanol–water partition coefficient (Wildman–Crippen LogP) is 2.41. The van der Waals surface area contributed by atoms with Crippen molar-refractivity contribution in [1.82, 2.24) is 30.2 Å². The standard InChI is InChI=1S/C18H14ClFN8O2/c19-11-4-1-9(20)6-12(11)23-16-25-14-8(5-13-15(29)26-18(30)24-13)7-21-28(14)17(27-16)22-10-2-3-10/h1,4-7,10H,2-3H2,(H2,22,23,25,27)(H2,24,26,29,30)/b13-5-. The number of aromatic nitrogens is 4. The number of benzene rings is 1. The molecule has 2 aliphatic rings. The first-order valence-electron chi connectivity index (χ1n) is 9.05. The van der Waals surface area contributed by atoms with Gasteiger partial charge in [0.25, 0.3) is 5.91 Å². The molecule has 4 N–H and O–H groups in total. The van der Waals surface area contributed by atoms with Gasteiger partial charge < -0.3 is 16.0 Å². The number of rotatable bonds is 5. The minimum Gasteiger partial charge on any atom is -0.351 e. The molecule has 3 heterocycles. The van der Waals surface area contributed by atoms with Crippen molar-refractivity contribution in [2.75, 3.05) is 10.6 Å². The highest BCUT2D eigenvalue weighted by Crippen LogP contribution is 2.28. The minimum atomic E-state index is -0.600. The molecule has 12 heteroatoms. The van der Waals surface area contributed by atoms with Gasteiger partial charge in [-0.1, -0.05) is 11.6 Å². The summed E-state index contributed by atoms with van der Waals surface area (Å²) in [7, 11) is 0. The molecule has 2 aromatic heterocycles. The third-order valence-electron chi connectivity index (χ3n) is 4.50. The Morgan fingerprint density at radius 3 is 2.80 bits per heavy atom. The maximum Gasteiger partial charge on any atom is 0.326 e. The van der Waals surface area contributed by atoms with E-state index < -0.39 is 17.8 Å². The first-order valence-corrected chi connectivity index (χ1v) is 9.42. The van der Waals surface area contributed by atoms with Crippen LogP contribution in [0.5, 0.6) is 0 Å². The molecule has 0 unspecified atom stereocenters. The monoisotopic (exact) mass is 428 g/mol. The maximum absolute atomic E-state index is 13.6. The molecule has 1 saturated heterocycles. The average Bonchev–Trinajstić information content (AvgIpc) is 3.34. The summed E-state index contributed by atoms with van der Waals surface area (Å²) < 4.78 is 15.1. The summed E-state index contributed by atoms with van der Waals surface area (Å²) in [6.45, 7) is 0. The summed E-state index contributed by atoms with van der Waals surface area (Å²) in [5.41, 5.74) is 1.25. The zero-order valence-corrected chi connectivity index (χ0v) is 16.0. The SMILES string of the molecule is O=C1NC(=O)/C(=C/c2cnn3c(NC4CC4)nc(Nc4cc(F)ccc4Cl)nc23)N1. The quantitative estimate of drug-likeness (QED) is 0.363. The molecular weight excluding hydrogens is 415 g/mol. The van der Waals surface area contributed by atoms with Crippen molar-refractivity contribution in [3.05, 3.63) is 46.5 Å². The van der Waals surface area contributed by atoms with Crippen LogP contribution in [-0.2, 0) is 4.79 Å². The zero-order chi connectivity index (χ0) is 20.8. The van der Waals surface area contributed by atoms with Crippen LogP contribution in [0.3, 0.4) is 0 Å². The maximum atomic E-state index is 13.6. The zero-order valence-electron chi connectivity index (χ0n) is 15.2. The Hall–Kier alpha value is -3.73. The van der Waals surface area contributed by atoms with Gasteiger partial charge in [0, 0.05) is 11.6 Å². The van der Waals surface area contributed by atoms with E-state index in [4.69, 9.17) is 11.6 Å². The smallest absolute Gasteiger partial charge is 0.326 e. The fraction of sp³-hybridized carbons (Fsp3) is 0.167. The summed E-state index contributed by atoms with van der Waals surface area (Å²) >= 11 is 6.14. The molecular formula is C18H14ClFN8O2. The Labute approximate surface area is 173 Å². The second-order valence-electron chi connectivity index (χ2n) is 6.84. The molecule has 5 rings (SSSR count). The van der Waals surface area contributed by atoms with Crippen LogP contribution in [0.2, 0.25) is 5.02 Å². The van der Waals surface area contributed by atoms with Gasteiger partial charge in [-0.15, -0.1) is 0 Å². The lowest BCUT2D eigenvalue weighted by Gasteiger charge is -2.11. The summed E-state index contributed by atoms with van der Waals surface area (Å²) in [5, 5.41) is 15.3. The minimum absolute atomic E-state index is 0.0768. The van der Waals surface area contributed by atoms with E-state index in [1.807, 2.05) is 0 Å². The van der Waals surface area contributed by atoms with Crippen molar-refractivity contribution >= 4 is 52.8 Å². The van der Waals surface area contributed by atoms with Crippen molar-refractivity contribution in [3.8, 4) is 0 Å². The second kappa shape index (κ2) is 6.95. The highest BCUT2D eigenvalue weighted by atomic mass is 35.5. The molecule has 0 bridgehead atoms. The molecule has 30 heavy (non-hydrogen) atoms. The van der Waals surface area contributed by atoms with E-state index in [9.17, 15) is 14.0 Å². The second-order valence-corrected chi connectivity index (χ2v) is 7.25. The third-order valence-corrected chi connectivity index (χ3v) is 4.83. The number of carbonyl (C=O) groups excluding carboxylic acids is 2. The van der Waals surface area contributed by atoms with Crippen LogP contribution in [0.15, 0.2) is 30.1 Å². The van der Waals surface area contributed by atoms with Crippen molar-refractivity contribution in [3.63, 3.8) is 0 Å². The molecule has 3 amide bonds. The fourth-order valence-electron chi connectivity index (χ4n) is 2.91. The topological polar surface area (TPSA) is 125 Å². The molecule has 0 radical (unpaired) electrons. The molecule has 1 saturated carbocycles. The first kappa shape index (κ1) is 18.3. The lowest BCUT2D eigenvalue weighted by atomic mass is 10.2. The Balaban J connectivity index is 1.59. The number of imide groups is 1. The number of fused-ring (bicyclic) bond motifs is 1. The van der Waals surface area contributed by atoms with E-state index in [1.165, 1.54) is 35.0 Å². The van der Waals surface area contributed by atoms with Crippen LogP contribution >= 0.6 is 11.6 Å². The van der Waals surface area contributed by atoms with Gasteiger partial charge in [-0.3, -0.25) is 10.1 Å². The molecule has 1 aliphatic heterocycles. The van der Waals surface area contributed by atoms with Crippen molar-refractivity contribution in [1.29, 1.82) is 0 Å². The highest BCUT2D eigenvalue weighted by molar-refractivity contribution is 6.33.